The number of benzene rings is 1. The maximum atomic E-state index is 14.2. The highest BCUT2D eigenvalue weighted by molar-refractivity contribution is 9.10. The van der Waals surface area contributed by atoms with Crippen LogP contribution in [0.5, 0.6) is 5.75 Å². The number of hydrogen-bond donors (Lipinski definition) is 0. The first kappa shape index (κ1) is 14.5. The molecule has 1 aliphatic heterocycles. The summed E-state index contributed by atoms with van der Waals surface area (Å²) >= 11 is 4.40. The van der Waals surface area contributed by atoms with E-state index < -0.39 is 12.1 Å². The highest BCUT2D eigenvalue weighted by atomic mass is 79.9. The summed E-state index contributed by atoms with van der Waals surface area (Å²) in [5.74, 6) is 0.0283. The Morgan fingerprint density at radius 1 is 1.62 bits per heavy atom. The second kappa shape index (κ2) is 5.73. The predicted octanol–water partition coefficient (Wildman–Crippen LogP) is 4.15. The molecular formula is C14H11BrFNO3S. The zero-order valence-electron chi connectivity index (χ0n) is 11.1. The van der Waals surface area contributed by atoms with Crippen LogP contribution in [0.1, 0.15) is 27.8 Å². The summed E-state index contributed by atoms with van der Waals surface area (Å²) in [6, 6.07) is 5.38. The van der Waals surface area contributed by atoms with Crippen molar-refractivity contribution in [2.24, 2.45) is 0 Å². The molecule has 0 bridgehead atoms. The Morgan fingerprint density at radius 3 is 3.19 bits per heavy atom. The first-order valence-electron chi connectivity index (χ1n) is 6.34. The van der Waals surface area contributed by atoms with E-state index in [-0.39, 0.29) is 18.2 Å². The molecule has 7 heteroatoms. The van der Waals surface area contributed by atoms with Crippen molar-refractivity contribution < 1.29 is 18.7 Å². The number of alkyl halides is 1. The Bertz CT molecular complexity index is 704. The monoisotopic (exact) mass is 371 g/mol. The number of halogens is 2. The number of nitrogens with zero attached hydrogens (tertiary/aromatic N) is 1. The molecule has 3 rings (SSSR count). The molecule has 110 valence electrons. The summed E-state index contributed by atoms with van der Waals surface area (Å²) in [5.41, 5.74) is 1.12. The smallest absolute Gasteiger partial charge is 0.367 e. The maximum Gasteiger partial charge on any atom is 0.367 e. The number of hydrogen-bond acceptors (Lipinski definition) is 5. The van der Waals surface area contributed by atoms with E-state index >= 15 is 0 Å². The van der Waals surface area contributed by atoms with Gasteiger partial charge >= 0.3 is 5.97 Å². The molecule has 4 nitrogen and oxygen atoms in total. The fourth-order valence-corrected chi connectivity index (χ4v) is 3.37. The molecule has 0 saturated heterocycles. The molecule has 0 fully saturated rings. The molecule has 0 radical (unpaired) electrons. The summed E-state index contributed by atoms with van der Waals surface area (Å²) in [5, 5.41) is 0.164. The van der Waals surface area contributed by atoms with Crippen molar-refractivity contribution in [2.45, 2.75) is 13.1 Å². The Balaban J connectivity index is 2.14. The van der Waals surface area contributed by atoms with Crippen molar-refractivity contribution in [1.82, 2.24) is 4.98 Å². The topological polar surface area (TPSA) is 48.4 Å². The van der Waals surface area contributed by atoms with Gasteiger partial charge in [0.15, 0.2) is 6.17 Å². The molecule has 0 N–H and O–H groups in total. The van der Waals surface area contributed by atoms with E-state index in [1.165, 1.54) is 0 Å². The summed E-state index contributed by atoms with van der Waals surface area (Å²) in [7, 11) is 0. The lowest BCUT2D eigenvalue weighted by Crippen LogP contribution is -2.04. The Kier molecular flexibility index (Phi) is 3.95. The maximum absolute atomic E-state index is 14.2. The highest BCUT2D eigenvalue weighted by Gasteiger charge is 2.29. The van der Waals surface area contributed by atoms with Gasteiger partial charge in [-0.3, -0.25) is 0 Å². The normalized spacial score (nSPS) is 16.4. The Labute approximate surface area is 133 Å². The van der Waals surface area contributed by atoms with E-state index in [0.29, 0.717) is 21.9 Å². The van der Waals surface area contributed by atoms with Gasteiger partial charge in [0.05, 0.1) is 17.2 Å². The van der Waals surface area contributed by atoms with Crippen molar-refractivity contribution in [3.8, 4) is 17.0 Å². The summed E-state index contributed by atoms with van der Waals surface area (Å²) < 4.78 is 25.5. The van der Waals surface area contributed by atoms with Gasteiger partial charge in [0.2, 0.25) is 5.01 Å². The van der Waals surface area contributed by atoms with Gasteiger partial charge in [-0.2, -0.15) is 0 Å². The molecule has 21 heavy (non-hydrogen) atoms. The number of ether oxygens (including phenoxy) is 2. The summed E-state index contributed by atoms with van der Waals surface area (Å²) in [6.07, 6.45) is -1.31. The molecule has 0 saturated carbocycles. The van der Waals surface area contributed by atoms with Crippen LogP contribution in [0, 0.1) is 0 Å². The van der Waals surface area contributed by atoms with Gasteiger partial charge in [0.1, 0.15) is 12.4 Å². The second-order valence-corrected chi connectivity index (χ2v) is 6.32. The fraction of sp³-hybridized carbons (Fsp3) is 0.286. The van der Waals surface area contributed by atoms with E-state index in [4.69, 9.17) is 9.47 Å². The minimum absolute atomic E-state index is 0.0912. The zero-order valence-corrected chi connectivity index (χ0v) is 13.5. The Hall–Kier alpha value is -1.47. The van der Waals surface area contributed by atoms with Gasteiger partial charge in [-0.1, -0.05) is 15.9 Å². The summed E-state index contributed by atoms with van der Waals surface area (Å²) in [6.45, 7) is 1.88. The van der Waals surface area contributed by atoms with E-state index in [9.17, 15) is 9.18 Å². The number of rotatable bonds is 2. The molecule has 1 unspecified atom stereocenters. The standard InChI is InChI=1S/C14H11BrFNO3S/c1-2-19-14(18)13-17-11-8-5-7(15)3-4-10(8)20-6-9(16)12(11)21-13/h3-5,9H,2,6H2,1H3. The molecule has 1 aliphatic rings. The van der Waals surface area contributed by atoms with Crippen LogP contribution in [-0.4, -0.2) is 24.2 Å². The Morgan fingerprint density at radius 2 is 2.43 bits per heavy atom. The highest BCUT2D eigenvalue weighted by Crippen LogP contribution is 2.43. The molecule has 2 heterocycles. The third-order valence-electron chi connectivity index (χ3n) is 2.97. The summed E-state index contributed by atoms with van der Waals surface area (Å²) in [4.78, 5) is 16.5. The SMILES string of the molecule is CCOC(=O)c1nc2c(s1)C(F)COc1ccc(Br)cc1-2. The molecule has 1 atom stereocenters. The van der Waals surface area contributed by atoms with E-state index in [1.54, 1.807) is 19.1 Å². The van der Waals surface area contributed by atoms with Crippen molar-refractivity contribution in [3.05, 3.63) is 32.6 Å². The largest absolute Gasteiger partial charge is 0.489 e. The van der Waals surface area contributed by atoms with Crippen LogP contribution in [0.4, 0.5) is 4.39 Å². The van der Waals surface area contributed by atoms with Crippen molar-refractivity contribution >= 4 is 33.2 Å². The van der Waals surface area contributed by atoms with Crippen LogP contribution in [0.2, 0.25) is 0 Å². The lowest BCUT2D eigenvalue weighted by molar-refractivity contribution is 0.0526. The average molecular weight is 372 g/mol. The third-order valence-corrected chi connectivity index (χ3v) is 4.58. The first-order valence-corrected chi connectivity index (χ1v) is 7.95. The van der Waals surface area contributed by atoms with Crippen LogP contribution in [-0.2, 0) is 4.74 Å². The van der Waals surface area contributed by atoms with Crippen molar-refractivity contribution in [3.63, 3.8) is 0 Å². The van der Waals surface area contributed by atoms with Crippen molar-refractivity contribution in [2.75, 3.05) is 13.2 Å². The molecule has 0 amide bonds. The lowest BCUT2D eigenvalue weighted by atomic mass is 10.1. The first-order chi connectivity index (χ1) is 10.1. The van der Waals surface area contributed by atoms with Gasteiger partial charge < -0.3 is 9.47 Å². The number of carbonyl (C=O) groups is 1. The van der Waals surface area contributed by atoms with Gasteiger partial charge in [-0.05, 0) is 25.1 Å². The average Bonchev–Trinajstić information content (AvgIpc) is 2.86. The van der Waals surface area contributed by atoms with Gasteiger partial charge in [-0.25, -0.2) is 14.2 Å². The number of fused-ring (bicyclic) bond motifs is 3. The zero-order chi connectivity index (χ0) is 15.0. The number of esters is 1. The van der Waals surface area contributed by atoms with Crippen LogP contribution in [0.15, 0.2) is 22.7 Å². The molecule has 2 aromatic rings. The van der Waals surface area contributed by atoms with Gasteiger partial charge in [0.25, 0.3) is 0 Å². The minimum Gasteiger partial charge on any atom is -0.489 e. The quantitative estimate of drug-likeness (QED) is 0.743. The van der Waals surface area contributed by atoms with E-state index in [0.717, 1.165) is 15.8 Å². The van der Waals surface area contributed by atoms with Crippen LogP contribution >= 0.6 is 27.3 Å². The van der Waals surface area contributed by atoms with Crippen LogP contribution in [0.25, 0.3) is 11.3 Å². The van der Waals surface area contributed by atoms with E-state index in [1.807, 2.05) is 6.07 Å². The van der Waals surface area contributed by atoms with Crippen LogP contribution < -0.4 is 4.74 Å². The molecule has 0 aliphatic carbocycles. The van der Waals surface area contributed by atoms with Gasteiger partial charge in [0, 0.05) is 10.0 Å². The molecule has 0 spiro atoms. The van der Waals surface area contributed by atoms with Crippen LogP contribution in [0.3, 0.4) is 0 Å². The minimum atomic E-state index is -1.31. The van der Waals surface area contributed by atoms with Gasteiger partial charge in [-0.15, -0.1) is 11.3 Å². The predicted molar refractivity (Wildman–Crippen MR) is 80.6 cm³/mol. The molecule has 1 aromatic heterocycles. The lowest BCUT2D eigenvalue weighted by Gasteiger charge is -2.07. The molecule has 1 aromatic carbocycles. The second-order valence-electron chi connectivity index (χ2n) is 4.37. The third kappa shape index (κ3) is 2.67. The number of thiazole rings is 1. The van der Waals surface area contributed by atoms with Crippen molar-refractivity contribution in [1.29, 1.82) is 0 Å². The fourth-order valence-electron chi connectivity index (χ4n) is 2.07. The molecular weight excluding hydrogens is 361 g/mol. The number of aromatic nitrogens is 1. The number of carbonyl (C=O) groups excluding carboxylic acids is 1. The van der Waals surface area contributed by atoms with E-state index in [2.05, 4.69) is 20.9 Å².